The van der Waals surface area contributed by atoms with Crippen LogP contribution in [0.25, 0.3) is 11.0 Å². The smallest absolute Gasteiger partial charge is 0.106 e. The lowest BCUT2D eigenvalue weighted by Gasteiger charge is -2.08. The summed E-state index contributed by atoms with van der Waals surface area (Å²) < 4.78 is 2.13. The predicted octanol–water partition coefficient (Wildman–Crippen LogP) is 3.40. The van der Waals surface area contributed by atoms with E-state index in [4.69, 9.17) is 0 Å². The van der Waals surface area contributed by atoms with Crippen LogP contribution >= 0.6 is 0 Å². The zero-order valence-electron chi connectivity index (χ0n) is 9.91. The van der Waals surface area contributed by atoms with Crippen molar-refractivity contribution in [3.05, 3.63) is 29.6 Å². The Labute approximate surface area is 90.9 Å². The average Bonchev–Trinajstić information content (AvgIpc) is 2.53. The van der Waals surface area contributed by atoms with Crippen LogP contribution in [0.4, 0.5) is 0 Å². The summed E-state index contributed by atoms with van der Waals surface area (Å²) in [6, 6.07) is 6.62. The van der Waals surface area contributed by atoms with Crippen molar-refractivity contribution in [2.24, 2.45) is 7.05 Å². The Kier molecular flexibility index (Phi) is 2.51. The molecule has 2 rings (SSSR count). The maximum absolute atomic E-state index is 4.55. The Balaban J connectivity index is 2.57. The molecular weight excluding hydrogens is 184 g/mol. The first kappa shape index (κ1) is 10.2. The molecule has 1 heterocycles. The number of nitrogens with zero attached hydrogens (tertiary/aromatic N) is 2. The number of fused-ring (bicyclic) bond motifs is 1. The van der Waals surface area contributed by atoms with Crippen molar-refractivity contribution in [3.8, 4) is 0 Å². The van der Waals surface area contributed by atoms with Gasteiger partial charge in [0.1, 0.15) is 5.82 Å². The van der Waals surface area contributed by atoms with Gasteiger partial charge in [0.25, 0.3) is 0 Å². The second-order valence-corrected chi connectivity index (χ2v) is 4.28. The van der Waals surface area contributed by atoms with Gasteiger partial charge >= 0.3 is 0 Å². The highest BCUT2D eigenvalue weighted by Crippen LogP contribution is 2.23. The first-order chi connectivity index (χ1) is 7.13. The van der Waals surface area contributed by atoms with Crippen LogP contribution in [-0.2, 0) is 7.05 Å². The fraction of sp³-hybridized carbons (Fsp3) is 0.462. The van der Waals surface area contributed by atoms with Gasteiger partial charge in [0.15, 0.2) is 0 Å². The summed E-state index contributed by atoms with van der Waals surface area (Å²) in [6.45, 7) is 6.53. The molecule has 2 heteroatoms. The second kappa shape index (κ2) is 3.69. The summed E-state index contributed by atoms with van der Waals surface area (Å²) >= 11 is 0. The van der Waals surface area contributed by atoms with E-state index in [9.17, 15) is 0 Å². The number of aryl methyl sites for hydroxylation is 2. The van der Waals surface area contributed by atoms with E-state index in [-0.39, 0.29) is 0 Å². The first-order valence-corrected chi connectivity index (χ1v) is 5.56. The number of benzene rings is 1. The monoisotopic (exact) mass is 202 g/mol. The van der Waals surface area contributed by atoms with E-state index in [1.807, 2.05) is 6.92 Å². The summed E-state index contributed by atoms with van der Waals surface area (Å²) in [5.74, 6) is 1.70. The Morgan fingerprint density at radius 1 is 1.40 bits per heavy atom. The topological polar surface area (TPSA) is 17.8 Å². The fourth-order valence-corrected chi connectivity index (χ4v) is 1.88. The van der Waals surface area contributed by atoms with E-state index in [0.29, 0.717) is 5.92 Å². The molecule has 15 heavy (non-hydrogen) atoms. The van der Waals surface area contributed by atoms with Crippen molar-refractivity contribution in [1.29, 1.82) is 0 Å². The molecule has 0 aliphatic rings. The molecular formula is C13H18N2. The van der Waals surface area contributed by atoms with Gasteiger partial charge in [-0.2, -0.15) is 0 Å². The van der Waals surface area contributed by atoms with Gasteiger partial charge in [0.2, 0.25) is 0 Å². The Bertz CT molecular complexity index is 482. The molecule has 0 radical (unpaired) electrons. The number of aromatic nitrogens is 2. The largest absolute Gasteiger partial charge is 0.331 e. The molecule has 0 amide bonds. The highest BCUT2D eigenvalue weighted by Gasteiger charge is 2.07. The highest BCUT2D eigenvalue weighted by atomic mass is 15.0. The lowest BCUT2D eigenvalue weighted by atomic mass is 9.98. The SMILES string of the molecule is CCC(C)c1ccc2c(c1)nc(C)n2C. The summed E-state index contributed by atoms with van der Waals surface area (Å²) in [5.41, 5.74) is 3.73. The molecule has 0 saturated heterocycles. The fourth-order valence-electron chi connectivity index (χ4n) is 1.88. The van der Waals surface area contributed by atoms with Crippen LogP contribution in [0.15, 0.2) is 18.2 Å². The van der Waals surface area contributed by atoms with Gasteiger partial charge in [-0.05, 0) is 37.0 Å². The van der Waals surface area contributed by atoms with Crippen LogP contribution in [0.1, 0.15) is 37.6 Å². The van der Waals surface area contributed by atoms with Gasteiger partial charge < -0.3 is 4.57 Å². The molecule has 0 fully saturated rings. The van der Waals surface area contributed by atoms with Crippen molar-refractivity contribution in [1.82, 2.24) is 9.55 Å². The van der Waals surface area contributed by atoms with Crippen molar-refractivity contribution in [2.45, 2.75) is 33.1 Å². The lowest BCUT2D eigenvalue weighted by molar-refractivity contribution is 0.734. The molecule has 1 aromatic heterocycles. The first-order valence-electron chi connectivity index (χ1n) is 5.56. The van der Waals surface area contributed by atoms with Gasteiger partial charge in [-0.15, -0.1) is 0 Å². The summed E-state index contributed by atoms with van der Waals surface area (Å²) in [5, 5.41) is 0. The molecule has 0 spiro atoms. The Hall–Kier alpha value is -1.31. The number of hydrogen-bond acceptors (Lipinski definition) is 1. The van der Waals surface area contributed by atoms with Crippen LogP contribution in [0.2, 0.25) is 0 Å². The minimum atomic E-state index is 0.622. The molecule has 0 saturated carbocycles. The maximum atomic E-state index is 4.55. The molecule has 1 aromatic carbocycles. The van der Waals surface area contributed by atoms with Crippen molar-refractivity contribution < 1.29 is 0 Å². The van der Waals surface area contributed by atoms with Crippen LogP contribution in [0.3, 0.4) is 0 Å². The molecule has 80 valence electrons. The average molecular weight is 202 g/mol. The summed E-state index contributed by atoms with van der Waals surface area (Å²) in [7, 11) is 2.06. The third-order valence-corrected chi connectivity index (χ3v) is 3.31. The van der Waals surface area contributed by atoms with E-state index < -0.39 is 0 Å². The van der Waals surface area contributed by atoms with Crippen LogP contribution < -0.4 is 0 Å². The van der Waals surface area contributed by atoms with E-state index in [2.05, 4.69) is 48.6 Å². The maximum Gasteiger partial charge on any atom is 0.106 e. The summed E-state index contributed by atoms with van der Waals surface area (Å²) in [4.78, 5) is 4.55. The van der Waals surface area contributed by atoms with Gasteiger partial charge in [0, 0.05) is 7.05 Å². The minimum absolute atomic E-state index is 0.622. The van der Waals surface area contributed by atoms with Crippen molar-refractivity contribution >= 4 is 11.0 Å². The van der Waals surface area contributed by atoms with Gasteiger partial charge in [0.05, 0.1) is 11.0 Å². The molecule has 2 aromatic rings. The van der Waals surface area contributed by atoms with Crippen molar-refractivity contribution in [2.75, 3.05) is 0 Å². The molecule has 0 aliphatic heterocycles. The molecule has 2 nitrogen and oxygen atoms in total. The van der Waals surface area contributed by atoms with Crippen LogP contribution in [-0.4, -0.2) is 9.55 Å². The normalized spacial score (nSPS) is 13.3. The minimum Gasteiger partial charge on any atom is -0.331 e. The number of rotatable bonds is 2. The van der Waals surface area contributed by atoms with E-state index in [1.54, 1.807) is 0 Å². The highest BCUT2D eigenvalue weighted by molar-refractivity contribution is 5.76. The van der Waals surface area contributed by atoms with Crippen LogP contribution in [0.5, 0.6) is 0 Å². The molecule has 0 bridgehead atoms. The zero-order chi connectivity index (χ0) is 11.0. The standard InChI is InChI=1S/C13H18N2/c1-5-9(2)11-6-7-13-12(8-11)14-10(3)15(13)4/h6-9H,5H2,1-4H3. The molecule has 0 N–H and O–H groups in total. The van der Waals surface area contributed by atoms with Gasteiger partial charge in [-0.1, -0.05) is 19.9 Å². The van der Waals surface area contributed by atoms with E-state index in [1.165, 1.54) is 17.5 Å². The third-order valence-electron chi connectivity index (χ3n) is 3.31. The summed E-state index contributed by atoms with van der Waals surface area (Å²) in [6.07, 6.45) is 1.18. The van der Waals surface area contributed by atoms with Gasteiger partial charge in [-0.25, -0.2) is 4.98 Å². The van der Waals surface area contributed by atoms with Gasteiger partial charge in [-0.3, -0.25) is 0 Å². The van der Waals surface area contributed by atoms with Crippen LogP contribution in [0, 0.1) is 6.92 Å². The molecule has 0 aliphatic carbocycles. The predicted molar refractivity (Wildman–Crippen MR) is 64.2 cm³/mol. The zero-order valence-corrected chi connectivity index (χ0v) is 9.91. The Morgan fingerprint density at radius 2 is 2.13 bits per heavy atom. The third kappa shape index (κ3) is 1.65. The van der Waals surface area contributed by atoms with Crippen molar-refractivity contribution in [3.63, 3.8) is 0 Å². The van der Waals surface area contributed by atoms with E-state index >= 15 is 0 Å². The quantitative estimate of drug-likeness (QED) is 0.729. The molecule has 1 unspecified atom stereocenters. The molecule has 1 atom stereocenters. The Morgan fingerprint density at radius 3 is 2.80 bits per heavy atom. The number of imidazole rings is 1. The van der Waals surface area contributed by atoms with E-state index in [0.717, 1.165) is 11.3 Å². The number of hydrogen-bond donors (Lipinski definition) is 0. The lowest BCUT2D eigenvalue weighted by Crippen LogP contribution is -1.92. The second-order valence-electron chi connectivity index (χ2n) is 4.28.